The van der Waals surface area contributed by atoms with Crippen molar-refractivity contribution in [2.24, 2.45) is 0 Å². The maximum absolute atomic E-state index is 12.8. The van der Waals surface area contributed by atoms with Crippen LogP contribution in [0.25, 0.3) is 0 Å². The van der Waals surface area contributed by atoms with Crippen molar-refractivity contribution in [2.45, 2.75) is 64.0 Å². The molecular weight excluding hydrogens is 254 g/mol. The van der Waals surface area contributed by atoms with E-state index in [-0.39, 0.29) is 11.9 Å². The van der Waals surface area contributed by atoms with Gasteiger partial charge in [0.2, 0.25) is 0 Å². The number of carbonyl (C=O) groups excluding carboxylic acids is 1. The van der Waals surface area contributed by atoms with E-state index >= 15 is 0 Å². The van der Waals surface area contributed by atoms with Crippen molar-refractivity contribution in [2.75, 3.05) is 6.54 Å². The predicted molar refractivity (Wildman–Crippen MR) is 75.6 cm³/mol. The fourth-order valence-electron chi connectivity index (χ4n) is 3.50. The van der Waals surface area contributed by atoms with Gasteiger partial charge in [-0.05, 0) is 51.9 Å². The molecule has 1 aromatic heterocycles. The Labute approximate surface area is 119 Å². The van der Waals surface area contributed by atoms with E-state index in [0.29, 0.717) is 5.69 Å². The van der Waals surface area contributed by atoms with Crippen molar-refractivity contribution in [3.63, 3.8) is 0 Å². The molecule has 1 aliphatic heterocycles. The van der Waals surface area contributed by atoms with Crippen LogP contribution in [0.3, 0.4) is 0 Å². The smallest absolute Gasteiger partial charge is 0.274 e. The summed E-state index contributed by atoms with van der Waals surface area (Å²) in [5.74, 6) is -0.00463. The highest BCUT2D eigenvalue weighted by atomic mass is 16.3. The Morgan fingerprint density at radius 2 is 2.15 bits per heavy atom. The standard InChI is InChI=1S/C15H23N3O2/c1-10(19)13-8-4-5-9-18(13)15(20)14-11-6-2-3-7-12(11)16-17-14/h10,13,19H,2-9H2,1H3,(H,16,17). The SMILES string of the molecule is CC(O)C1CCCCN1C(=O)c1n[nH]c2c1CCCC2. The molecule has 1 fully saturated rings. The van der Waals surface area contributed by atoms with Gasteiger partial charge in [0.1, 0.15) is 0 Å². The van der Waals surface area contributed by atoms with Crippen LogP contribution in [-0.4, -0.2) is 44.8 Å². The number of aromatic nitrogens is 2. The number of hydrogen-bond acceptors (Lipinski definition) is 3. The van der Waals surface area contributed by atoms with Crippen molar-refractivity contribution in [3.05, 3.63) is 17.0 Å². The quantitative estimate of drug-likeness (QED) is 0.864. The molecule has 0 saturated carbocycles. The Hall–Kier alpha value is -1.36. The van der Waals surface area contributed by atoms with Crippen LogP contribution in [0, 0.1) is 0 Å². The number of likely N-dealkylation sites (tertiary alicyclic amines) is 1. The van der Waals surface area contributed by atoms with Crippen molar-refractivity contribution in [1.29, 1.82) is 0 Å². The number of aryl methyl sites for hydroxylation is 1. The number of hydrogen-bond donors (Lipinski definition) is 2. The summed E-state index contributed by atoms with van der Waals surface area (Å²) in [6.07, 6.45) is 6.75. The number of rotatable bonds is 2. The Kier molecular flexibility index (Phi) is 3.78. The average molecular weight is 277 g/mol. The van der Waals surface area contributed by atoms with Gasteiger partial charge in [-0.2, -0.15) is 5.10 Å². The lowest BCUT2D eigenvalue weighted by atomic mass is 9.94. The van der Waals surface area contributed by atoms with Crippen LogP contribution in [0.2, 0.25) is 0 Å². The predicted octanol–water partition coefficient (Wildman–Crippen LogP) is 1.66. The van der Waals surface area contributed by atoms with Gasteiger partial charge in [0.05, 0.1) is 12.1 Å². The van der Waals surface area contributed by atoms with E-state index in [4.69, 9.17) is 0 Å². The van der Waals surface area contributed by atoms with E-state index in [9.17, 15) is 9.90 Å². The molecule has 2 heterocycles. The maximum atomic E-state index is 12.8. The number of amides is 1. The Morgan fingerprint density at radius 1 is 1.35 bits per heavy atom. The van der Waals surface area contributed by atoms with Crippen LogP contribution in [0.1, 0.15) is 60.8 Å². The van der Waals surface area contributed by atoms with E-state index in [1.165, 1.54) is 6.42 Å². The Balaban J connectivity index is 1.85. The largest absolute Gasteiger partial charge is 0.391 e. The molecule has 0 aromatic carbocycles. The zero-order valence-electron chi connectivity index (χ0n) is 12.1. The highest BCUT2D eigenvalue weighted by molar-refractivity contribution is 5.94. The van der Waals surface area contributed by atoms with Crippen LogP contribution in [0.5, 0.6) is 0 Å². The normalized spacial score (nSPS) is 24.3. The molecule has 1 saturated heterocycles. The molecule has 3 rings (SSSR count). The zero-order valence-corrected chi connectivity index (χ0v) is 12.1. The minimum Gasteiger partial charge on any atom is -0.391 e. The lowest BCUT2D eigenvalue weighted by Gasteiger charge is -2.37. The molecule has 0 radical (unpaired) electrons. The second-order valence-electron chi connectivity index (χ2n) is 6.04. The first-order valence-electron chi connectivity index (χ1n) is 7.73. The Bertz CT molecular complexity index is 495. The average Bonchev–Trinajstić information content (AvgIpc) is 2.90. The Morgan fingerprint density at radius 3 is 2.95 bits per heavy atom. The minimum absolute atomic E-state index is 0.00463. The van der Waals surface area contributed by atoms with Gasteiger partial charge in [0.25, 0.3) is 5.91 Å². The molecule has 1 amide bonds. The van der Waals surface area contributed by atoms with Gasteiger partial charge in [-0.15, -0.1) is 0 Å². The lowest BCUT2D eigenvalue weighted by molar-refractivity contribution is 0.0275. The highest BCUT2D eigenvalue weighted by Crippen LogP contribution is 2.26. The molecule has 110 valence electrons. The third kappa shape index (κ3) is 2.35. The molecule has 2 aliphatic rings. The highest BCUT2D eigenvalue weighted by Gasteiger charge is 2.33. The third-order valence-electron chi connectivity index (χ3n) is 4.63. The van der Waals surface area contributed by atoms with Crippen LogP contribution in [-0.2, 0) is 12.8 Å². The van der Waals surface area contributed by atoms with Crippen molar-refractivity contribution < 1.29 is 9.90 Å². The van der Waals surface area contributed by atoms with E-state index in [1.807, 2.05) is 4.90 Å². The molecule has 5 nitrogen and oxygen atoms in total. The van der Waals surface area contributed by atoms with Crippen LogP contribution in [0.15, 0.2) is 0 Å². The molecule has 1 aromatic rings. The number of fused-ring (bicyclic) bond motifs is 1. The number of aliphatic hydroxyl groups is 1. The topological polar surface area (TPSA) is 69.2 Å². The van der Waals surface area contributed by atoms with E-state index < -0.39 is 6.10 Å². The monoisotopic (exact) mass is 277 g/mol. The number of aromatic amines is 1. The molecule has 20 heavy (non-hydrogen) atoms. The minimum atomic E-state index is -0.478. The summed E-state index contributed by atoms with van der Waals surface area (Å²) in [5, 5.41) is 17.2. The summed E-state index contributed by atoms with van der Waals surface area (Å²) in [7, 11) is 0. The van der Waals surface area contributed by atoms with E-state index in [1.54, 1.807) is 6.92 Å². The van der Waals surface area contributed by atoms with E-state index in [2.05, 4.69) is 10.2 Å². The molecule has 0 bridgehead atoms. The first-order valence-corrected chi connectivity index (χ1v) is 7.73. The molecule has 1 aliphatic carbocycles. The number of carbonyl (C=O) groups is 1. The van der Waals surface area contributed by atoms with Gasteiger partial charge in [-0.3, -0.25) is 9.89 Å². The van der Waals surface area contributed by atoms with Gasteiger partial charge in [0, 0.05) is 17.8 Å². The zero-order chi connectivity index (χ0) is 14.1. The number of nitrogens with one attached hydrogen (secondary N) is 1. The molecular formula is C15H23N3O2. The number of H-pyrrole nitrogens is 1. The fraction of sp³-hybridized carbons (Fsp3) is 0.733. The molecule has 2 unspecified atom stereocenters. The summed E-state index contributed by atoms with van der Waals surface area (Å²) in [4.78, 5) is 14.6. The van der Waals surface area contributed by atoms with E-state index in [0.717, 1.165) is 56.3 Å². The molecule has 2 atom stereocenters. The van der Waals surface area contributed by atoms with Gasteiger partial charge in [-0.25, -0.2) is 0 Å². The van der Waals surface area contributed by atoms with Crippen LogP contribution >= 0.6 is 0 Å². The number of piperidine rings is 1. The summed E-state index contributed by atoms with van der Waals surface area (Å²) < 4.78 is 0. The first kappa shape index (κ1) is 13.6. The van der Waals surface area contributed by atoms with Crippen molar-refractivity contribution in [3.8, 4) is 0 Å². The molecule has 2 N–H and O–H groups in total. The molecule has 5 heteroatoms. The lowest BCUT2D eigenvalue weighted by Crippen LogP contribution is -2.49. The van der Waals surface area contributed by atoms with Gasteiger partial charge >= 0.3 is 0 Å². The van der Waals surface area contributed by atoms with Crippen molar-refractivity contribution >= 4 is 5.91 Å². The van der Waals surface area contributed by atoms with Gasteiger partial charge in [0.15, 0.2) is 5.69 Å². The van der Waals surface area contributed by atoms with Crippen molar-refractivity contribution in [1.82, 2.24) is 15.1 Å². The van der Waals surface area contributed by atoms with Gasteiger partial charge < -0.3 is 10.0 Å². The molecule has 0 spiro atoms. The number of aliphatic hydroxyl groups excluding tert-OH is 1. The number of nitrogens with zero attached hydrogens (tertiary/aromatic N) is 2. The fourth-order valence-corrected chi connectivity index (χ4v) is 3.50. The maximum Gasteiger partial charge on any atom is 0.274 e. The third-order valence-corrected chi connectivity index (χ3v) is 4.63. The summed E-state index contributed by atoms with van der Waals surface area (Å²) in [6, 6.07) is -0.0628. The summed E-state index contributed by atoms with van der Waals surface area (Å²) in [6.45, 7) is 2.51. The van der Waals surface area contributed by atoms with Crippen LogP contribution < -0.4 is 0 Å². The second-order valence-corrected chi connectivity index (χ2v) is 6.04. The van der Waals surface area contributed by atoms with Crippen LogP contribution in [0.4, 0.5) is 0 Å². The summed E-state index contributed by atoms with van der Waals surface area (Å²) >= 11 is 0. The first-order chi connectivity index (χ1) is 9.68. The van der Waals surface area contributed by atoms with Gasteiger partial charge in [-0.1, -0.05) is 0 Å². The summed E-state index contributed by atoms with van der Waals surface area (Å²) in [5.41, 5.74) is 2.83. The second kappa shape index (κ2) is 5.56.